The number of nitrogens with one attached hydrogen (secondary N) is 7. The number of benzene rings is 1. The number of Topliss-reactive ketones (excluding diaryl/α,β-unsaturated/α-hetero) is 1. The highest BCUT2D eigenvalue weighted by Crippen LogP contribution is 2.23. The SMILES string of the molecule is CC(=O)N[C@H]1CCCCNC(=O)CC[C@@H](C(=O)NC(CCCNC(=N)N)C(=O)c2nc3ccccc3s2)NC(=O)[C@H](CC(C)C)NC1=O. The van der Waals surface area contributed by atoms with Gasteiger partial charge in [0, 0.05) is 26.4 Å². The molecule has 48 heavy (non-hydrogen) atoms. The molecule has 3 rings (SSSR count). The number of nitrogens with two attached hydrogens (primary N) is 1. The molecule has 4 atom stereocenters. The number of thiazole rings is 1. The highest BCUT2D eigenvalue weighted by molar-refractivity contribution is 7.20. The van der Waals surface area contributed by atoms with E-state index in [1.54, 1.807) is 6.07 Å². The summed E-state index contributed by atoms with van der Waals surface area (Å²) in [6, 6.07) is 3.13. The van der Waals surface area contributed by atoms with Gasteiger partial charge in [0.05, 0.1) is 16.3 Å². The quantitative estimate of drug-likeness (QED) is 0.0723. The molecular formula is C32H47N9O6S. The molecule has 9 N–H and O–H groups in total. The van der Waals surface area contributed by atoms with Crippen molar-refractivity contribution in [1.29, 1.82) is 5.41 Å². The molecule has 0 saturated carbocycles. The number of hydrogen-bond acceptors (Lipinski definition) is 9. The number of guanidine groups is 1. The Morgan fingerprint density at radius 2 is 1.83 bits per heavy atom. The van der Waals surface area contributed by atoms with Gasteiger partial charge in [-0.3, -0.25) is 34.2 Å². The van der Waals surface area contributed by atoms with E-state index in [-0.39, 0.29) is 55.0 Å². The molecule has 1 aliphatic heterocycles. The third-order valence-electron chi connectivity index (χ3n) is 7.69. The van der Waals surface area contributed by atoms with Crippen LogP contribution < -0.4 is 37.6 Å². The van der Waals surface area contributed by atoms with Gasteiger partial charge in [-0.1, -0.05) is 26.0 Å². The van der Waals surface area contributed by atoms with Crippen LogP contribution in [-0.2, 0) is 24.0 Å². The van der Waals surface area contributed by atoms with Crippen LogP contribution in [-0.4, -0.2) is 83.5 Å². The molecule has 1 saturated heterocycles. The lowest BCUT2D eigenvalue weighted by molar-refractivity contribution is -0.134. The van der Waals surface area contributed by atoms with Gasteiger partial charge in [0.1, 0.15) is 18.1 Å². The van der Waals surface area contributed by atoms with Crippen molar-refractivity contribution in [3.63, 3.8) is 0 Å². The number of nitrogens with zero attached hydrogens (tertiary/aromatic N) is 1. The van der Waals surface area contributed by atoms with Crippen LogP contribution in [0.3, 0.4) is 0 Å². The molecule has 1 aromatic heterocycles. The van der Waals surface area contributed by atoms with Gasteiger partial charge in [-0.05, 0) is 63.0 Å². The van der Waals surface area contributed by atoms with E-state index >= 15 is 0 Å². The fourth-order valence-electron chi connectivity index (χ4n) is 5.29. The summed E-state index contributed by atoms with van der Waals surface area (Å²) in [6.45, 7) is 5.69. The third-order valence-corrected chi connectivity index (χ3v) is 8.74. The van der Waals surface area contributed by atoms with E-state index in [1.165, 1.54) is 18.3 Å². The van der Waals surface area contributed by atoms with Crippen LogP contribution in [0.1, 0.15) is 81.9 Å². The summed E-state index contributed by atoms with van der Waals surface area (Å²) < 4.78 is 0.809. The summed E-state index contributed by atoms with van der Waals surface area (Å²) in [5.74, 6) is -3.19. The number of hydrogen-bond donors (Lipinski definition) is 8. The molecule has 15 nitrogen and oxygen atoms in total. The van der Waals surface area contributed by atoms with Crippen molar-refractivity contribution in [1.82, 2.24) is 36.9 Å². The van der Waals surface area contributed by atoms with Gasteiger partial charge in [0.15, 0.2) is 11.0 Å². The number of para-hydroxylation sites is 1. The number of carbonyl (C=O) groups is 6. The van der Waals surface area contributed by atoms with Crippen molar-refractivity contribution in [2.24, 2.45) is 11.7 Å². The molecule has 1 unspecified atom stereocenters. The Kier molecular flexibility index (Phi) is 14.7. The zero-order valence-electron chi connectivity index (χ0n) is 27.6. The largest absolute Gasteiger partial charge is 0.370 e. The summed E-state index contributed by atoms with van der Waals surface area (Å²) in [6.07, 6.45) is 2.07. The predicted molar refractivity (Wildman–Crippen MR) is 182 cm³/mol. The number of amides is 5. The minimum absolute atomic E-state index is 0.0140. The van der Waals surface area contributed by atoms with E-state index in [9.17, 15) is 28.8 Å². The minimum atomic E-state index is -1.22. The van der Waals surface area contributed by atoms with Crippen LogP contribution in [0.15, 0.2) is 24.3 Å². The Morgan fingerprint density at radius 3 is 2.52 bits per heavy atom. The second-order valence-corrected chi connectivity index (χ2v) is 13.3. The topological polar surface area (TPSA) is 237 Å². The van der Waals surface area contributed by atoms with Crippen LogP contribution in [0.25, 0.3) is 10.2 Å². The molecule has 1 fully saturated rings. The summed E-state index contributed by atoms with van der Waals surface area (Å²) in [7, 11) is 0. The Hall–Kier alpha value is -4.60. The predicted octanol–water partition coefficient (Wildman–Crippen LogP) is 0.828. The van der Waals surface area contributed by atoms with Gasteiger partial charge in [-0.15, -0.1) is 11.3 Å². The van der Waals surface area contributed by atoms with Crippen molar-refractivity contribution in [3.8, 4) is 0 Å². The number of fused-ring (bicyclic) bond motifs is 1. The fourth-order valence-corrected chi connectivity index (χ4v) is 6.25. The average molecular weight is 686 g/mol. The molecular weight excluding hydrogens is 638 g/mol. The van der Waals surface area contributed by atoms with Crippen molar-refractivity contribution in [2.75, 3.05) is 13.1 Å². The number of aromatic nitrogens is 1. The van der Waals surface area contributed by atoms with Crippen LogP contribution in [0.5, 0.6) is 0 Å². The number of carbonyl (C=O) groups excluding carboxylic acids is 6. The highest BCUT2D eigenvalue weighted by Gasteiger charge is 2.32. The van der Waals surface area contributed by atoms with E-state index in [4.69, 9.17) is 11.1 Å². The summed E-state index contributed by atoms with van der Waals surface area (Å²) in [5.41, 5.74) is 6.04. The molecule has 0 radical (unpaired) electrons. The Morgan fingerprint density at radius 1 is 1.08 bits per heavy atom. The maximum Gasteiger partial charge on any atom is 0.243 e. The molecule has 262 valence electrons. The summed E-state index contributed by atoms with van der Waals surface area (Å²) >= 11 is 1.20. The van der Waals surface area contributed by atoms with E-state index in [0.717, 1.165) is 4.70 Å². The fraction of sp³-hybridized carbons (Fsp3) is 0.562. The second kappa shape index (κ2) is 18.7. The minimum Gasteiger partial charge on any atom is -0.370 e. The first-order valence-electron chi connectivity index (χ1n) is 16.3. The van der Waals surface area contributed by atoms with E-state index in [2.05, 4.69) is 36.9 Å². The summed E-state index contributed by atoms with van der Waals surface area (Å²) in [5, 5.41) is 24.0. The van der Waals surface area contributed by atoms with E-state index in [0.29, 0.717) is 37.7 Å². The standard InChI is InChI=1S/C32H47N9O6S/c1-18(2)17-24-30(47)39-23(13-14-26(43)35-15-7-6-10-22(28(45)40-24)37-19(3)42)29(46)38-21(11-8-16-36-32(33)34)27(44)31-41-20-9-4-5-12-25(20)48-31/h4-5,9,12,18,21-24H,6-8,10-11,13-17H2,1-3H3,(H,35,43)(H,37,42)(H,38,46)(H,39,47)(H,40,45)(H4,33,34,36)/t21?,22-,23-,24-/m0/s1. The zero-order valence-corrected chi connectivity index (χ0v) is 28.5. The molecule has 2 aromatic rings. The molecule has 1 aliphatic rings. The van der Waals surface area contributed by atoms with Crippen molar-refractivity contribution >= 4 is 62.8 Å². The van der Waals surface area contributed by atoms with Crippen LogP contribution in [0.4, 0.5) is 0 Å². The molecule has 0 aliphatic carbocycles. The third kappa shape index (κ3) is 12.2. The van der Waals surface area contributed by atoms with Gasteiger partial charge in [-0.2, -0.15) is 0 Å². The van der Waals surface area contributed by atoms with Gasteiger partial charge >= 0.3 is 0 Å². The van der Waals surface area contributed by atoms with Crippen molar-refractivity contribution in [2.45, 2.75) is 96.3 Å². The van der Waals surface area contributed by atoms with Gasteiger partial charge < -0.3 is 37.6 Å². The summed E-state index contributed by atoms with van der Waals surface area (Å²) in [4.78, 5) is 83.5. The first-order chi connectivity index (χ1) is 22.8. The molecule has 1 aromatic carbocycles. The van der Waals surface area contributed by atoms with Gasteiger partial charge in [-0.25, -0.2) is 4.98 Å². The maximum atomic E-state index is 13.8. The molecule has 0 bridgehead atoms. The van der Waals surface area contributed by atoms with Gasteiger partial charge in [0.2, 0.25) is 35.3 Å². The average Bonchev–Trinajstić information content (AvgIpc) is 3.46. The molecule has 0 spiro atoms. The number of ketones is 1. The Balaban J connectivity index is 1.87. The lowest BCUT2D eigenvalue weighted by Crippen LogP contribution is -2.58. The normalized spacial score (nSPS) is 20.3. The van der Waals surface area contributed by atoms with E-state index in [1.807, 2.05) is 32.0 Å². The Labute approximate surface area is 283 Å². The smallest absolute Gasteiger partial charge is 0.243 e. The second-order valence-electron chi connectivity index (χ2n) is 12.3. The van der Waals surface area contributed by atoms with Crippen LogP contribution in [0.2, 0.25) is 0 Å². The van der Waals surface area contributed by atoms with Crippen molar-refractivity contribution in [3.05, 3.63) is 29.3 Å². The molecule has 16 heteroatoms. The van der Waals surface area contributed by atoms with Gasteiger partial charge in [0.25, 0.3) is 0 Å². The van der Waals surface area contributed by atoms with Crippen LogP contribution >= 0.6 is 11.3 Å². The molecule has 5 amide bonds. The monoisotopic (exact) mass is 685 g/mol. The number of rotatable bonds is 11. The van der Waals surface area contributed by atoms with Crippen molar-refractivity contribution < 1.29 is 28.8 Å². The van der Waals surface area contributed by atoms with E-state index < -0.39 is 53.6 Å². The maximum absolute atomic E-state index is 13.8. The first-order valence-corrected chi connectivity index (χ1v) is 17.1. The highest BCUT2D eigenvalue weighted by atomic mass is 32.1. The Bertz CT molecular complexity index is 1450. The zero-order chi connectivity index (χ0) is 35.2. The first kappa shape index (κ1) is 37.9. The lowest BCUT2D eigenvalue weighted by Gasteiger charge is -2.27. The molecule has 2 heterocycles. The van der Waals surface area contributed by atoms with Crippen LogP contribution in [0, 0.1) is 11.3 Å². The lowest BCUT2D eigenvalue weighted by atomic mass is 10.0.